The maximum absolute atomic E-state index is 12.1. The maximum Gasteiger partial charge on any atom is 0.314 e. The molecule has 0 bridgehead atoms. The highest BCUT2D eigenvalue weighted by Gasteiger charge is 2.50. The summed E-state index contributed by atoms with van der Waals surface area (Å²) in [5.74, 6) is -0.126. The zero-order valence-corrected chi connectivity index (χ0v) is 16.7. The zero-order chi connectivity index (χ0) is 20.8. The van der Waals surface area contributed by atoms with E-state index in [2.05, 4.69) is 21.0 Å². The number of methoxy groups -OCH3 is 1. The fourth-order valence-electron chi connectivity index (χ4n) is 3.57. The highest BCUT2D eigenvalue weighted by molar-refractivity contribution is 5.76. The summed E-state index contributed by atoms with van der Waals surface area (Å²) in [6.07, 6.45) is 1.78. The van der Waals surface area contributed by atoms with Crippen LogP contribution in [0.1, 0.15) is 18.4 Å². The third-order valence-corrected chi connectivity index (χ3v) is 4.99. The van der Waals surface area contributed by atoms with E-state index in [0.717, 1.165) is 5.56 Å². The predicted molar refractivity (Wildman–Crippen MR) is 101 cm³/mol. The van der Waals surface area contributed by atoms with Gasteiger partial charge in [0, 0.05) is 52.0 Å². The largest absolute Gasteiger partial charge is 0.388 e. The van der Waals surface area contributed by atoms with Crippen LogP contribution in [-0.2, 0) is 32.6 Å². The van der Waals surface area contributed by atoms with Gasteiger partial charge in [0.1, 0.15) is 18.3 Å². The molecule has 0 aliphatic carbocycles. The molecule has 2 saturated heterocycles. The van der Waals surface area contributed by atoms with Crippen LogP contribution in [0, 0.1) is 0 Å². The Morgan fingerprint density at radius 3 is 2.86 bits per heavy atom. The van der Waals surface area contributed by atoms with Gasteiger partial charge in [0.25, 0.3) is 0 Å². The molecule has 0 saturated carbocycles. The van der Waals surface area contributed by atoms with Crippen LogP contribution in [0.25, 0.3) is 0 Å². The molecule has 4 N–H and O–H groups in total. The van der Waals surface area contributed by atoms with Crippen LogP contribution in [0.2, 0.25) is 0 Å². The van der Waals surface area contributed by atoms with Gasteiger partial charge in [-0.05, 0) is 0 Å². The number of urea groups is 1. The Kier molecular flexibility index (Phi) is 7.42. The molecule has 1 aromatic rings. The van der Waals surface area contributed by atoms with Gasteiger partial charge in [-0.15, -0.1) is 0 Å². The van der Waals surface area contributed by atoms with Crippen LogP contribution in [0.3, 0.4) is 0 Å². The van der Waals surface area contributed by atoms with Gasteiger partial charge in [-0.2, -0.15) is 5.10 Å². The van der Waals surface area contributed by atoms with E-state index >= 15 is 0 Å². The monoisotopic (exact) mass is 411 g/mol. The first-order chi connectivity index (χ1) is 14.0. The fourth-order valence-corrected chi connectivity index (χ4v) is 3.57. The highest BCUT2D eigenvalue weighted by atomic mass is 16.6. The van der Waals surface area contributed by atoms with Gasteiger partial charge in [-0.3, -0.25) is 9.48 Å². The second-order valence-electron chi connectivity index (χ2n) is 7.29. The first kappa shape index (κ1) is 21.5. The number of carbonyl (C=O) groups excluding carboxylic acids is 2. The lowest BCUT2D eigenvalue weighted by molar-refractivity contribution is -0.124. The number of ether oxygens (including phenoxy) is 3. The lowest BCUT2D eigenvalue weighted by Gasteiger charge is -2.20. The molecule has 11 nitrogen and oxygen atoms in total. The van der Waals surface area contributed by atoms with E-state index in [9.17, 15) is 14.7 Å². The normalized spacial score (nSPS) is 28.2. The fraction of sp³-hybridized carbons (Fsp3) is 0.722. The number of carbonyl (C=O) groups is 2. The summed E-state index contributed by atoms with van der Waals surface area (Å²) in [5, 5.41) is 22.6. The molecule has 29 heavy (non-hydrogen) atoms. The van der Waals surface area contributed by atoms with Crippen molar-refractivity contribution in [3.63, 3.8) is 0 Å². The van der Waals surface area contributed by atoms with Gasteiger partial charge >= 0.3 is 6.03 Å². The summed E-state index contributed by atoms with van der Waals surface area (Å²) in [7, 11) is 3.37. The third kappa shape index (κ3) is 5.89. The molecule has 2 fully saturated rings. The topological polar surface area (TPSA) is 136 Å². The van der Waals surface area contributed by atoms with E-state index < -0.39 is 18.3 Å². The van der Waals surface area contributed by atoms with Gasteiger partial charge in [0.05, 0.1) is 31.4 Å². The zero-order valence-electron chi connectivity index (χ0n) is 16.7. The minimum absolute atomic E-state index is 0.126. The number of rotatable bonds is 9. The third-order valence-electron chi connectivity index (χ3n) is 4.99. The quantitative estimate of drug-likeness (QED) is 0.369. The highest BCUT2D eigenvalue weighted by Crippen LogP contribution is 2.35. The average Bonchev–Trinajstić information content (AvgIpc) is 3.35. The van der Waals surface area contributed by atoms with Gasteiger partial charge < -0.3 is 35.3 Å². The van der Waals surface area contributed by atoms with Crippen molar-refractivity contribution in [1.82, 2.24) is 25.7 Å². The summed E-state index contributed by atoms with van der Waals surface area (Å²) in [5.41, 5.74) is 0.922. The number of hydrogen-bond acceptors (Lipinski definition) is 7. The molecule has 0 aromatic carbocycles. The molecule has 162 valence electrons. The van der Waals surface area contributed by atoms with E-state index in [1.165, 1.54) is 0 Å². The Morgan fingerprint density at radius 1 is 1.34 bits per heavy atom. The molecule has 5 atom stereocenters. The van der Waals surface area contributed by atoms with Crippen molar-refractivity contribution in [2.75, 3.05) is 26.8 Å². The molecule has 3 heterocycles. The van der Waals surface area contributed by atoms with Crippen LogP contribution in [0.15, 0.2) is 12.4 Å². The van der Waals surface area contributed by atoms with Crippen molar-refractivity contribution < 1.29 is 28.9 Å². The summed E-state index contributed by atoms with van der Waals surface area (Å²) >= 11 is 0. The minimum atomic E-state index is -0.859. The summed E-state index contributed by atoms with van der Waals surface area (Å²) in [4.78, 5) is 23.8. The second-order valence-corrected chi connectivity index (χ2v) is 7.29. The van der Waals surface area contributed by atoms with Crippen LogP contribution in [0.4, 0.5) is 4.79 Å². The molecule has 0 radical (unpaired) electrons. The number of fused-ring (bicyclic) bond motifs is 1. The molecule has 3 rings (SSSR count). The Morgan fingerprint density at radius 2 is 2.17 bits per heavy atom. The predicted octanol–water partition coefficient (Wildman–Crippen LogP) is -1.34. The molecule has 2 aliphatic rings. The van der Waals surface area contributed by atoms with Crippen molar-refractivity contribution in [3.8, 4) is 0 Å². The maximum atomic E-state index is 12.1. The van der Waals surface area contributed by atoms with Crippen molar-refractivity contribution in [2.24, 2.45) is 7.05 Å². The Balaban J connectivity index is 1.36. The molecule has 1 aromatic heterocycles. The van der Waals surface area contributed by atoms with E-state index in [-0.39, 0.29) is 37.1 Å². The van der Waals surface area contributed by atoms with E-state index in [0.29, 0.717) is 26.1 Å². The number of aliphatic hydroxyl groups excluding tert-OH is 1. The number of aromatic nitrogens is 2. The molecular formula is C18H29N5O6. The van der Waals surface area contributed by atoms with Gasteiger partial charge in [-0.25, -0.2) is 4.79 Å². The Hall–Kier alpha value is -2.21. The SMILES string of the molecule is COCCNC(=O)NCC1OC2CC(CC(=O)NCc3cnn(C)c3)OC2C1O. The molecule has 0 spiro atoms. The average molecular weight is 411 g/mol. The minimum Gasteiger partial charge on any atom is -0.388 e. The van der Waals surface area contributed by atoms with Crippen LogP contribution in [-0.4, -0.2) is 84.2 Å². The Bertz CT molecular complexity index is 698. The number of nitrogens with zero attached hydrogens (tertiary/aromatic N) is 2. The van der Waals surface area contributed by atoms with Crippen molar-refractivity contribution in [1.29, 1.82) is 0 Å². The van der Waals surface area contributed by atoms with Crippen LogP contribution in [0.5, 0.6) is 0 Å². The van der Waals surface area contributed by atoms with Crippen molar-refractivity contribution in [2.45, 2.75) is 49.9 Å². The summed E-state index contributed by atoms with van der Waals surface area (Å²) in [6.45, 7) is 1.40. The lowest BCUT2D eigenvalue weighted by Crippen LogP contribution is -2.44. The second kappa shape index (κ2) is 10.0. The van der Waals surface area contributed by atoms with Gasteiger partial charge in [0.15, 0.2) is 0 Å². The molecule has 2 aliphatic heterocycles. The van der Waals surface area contributed by atoms with E-state index in [4.69, 9.17) is 14.2 Å². The van der Waals surface area contributed by atoms with Gasteiger partial charge in [0.2, 0.25) is 5.91 Å². The standard InChI is InChI=1S/C18H29N5O6/c1-23-10-11(8-22-23)7-20-15(24)6-12-5-13-17(28-12)16(25)14(29-13)9-21-18(26)19-3-4-27-2/h8,10,12-14,16-17,25H,3-7,9H2,1-2H3,(H,20,24)(H2,19,21,26). The van der Waals surface area contributed by atoms with Crippen LogP contribution >= 0.6 is 0 Å². The number of aryl methyl sites for hydroxylation is 1. The summed E-state index contributed by atoms with van der Waals surface area (Å²) in [6, 6.07) is -0.348. The summed E-state index contributed by atoms with van der Waals surface area (Å²) < 4.78 is 18.2. The number of amides is 3. The molecule has 5 unspecified atom stereocenters. The van der Waals surface area contributed by atoms with Gasteiger partial charge in [-0.1, -0.05) is 0 Å². The van der Waals surface area contributed by atoms with Crippen molar-refractivity contribution >= 4 is 11.9 Å². The van der Waals surface area contributed by atoms with E-state index in [1.807, 2.05) is 13.2 Å². The first-order valence-electron chi connectivity index (χ1n) is 9.70. The number of hydrogen-bond donors (Lipinski definition) is 4. The van der Waals surface area contributed by atoms with E-state index in [1.54, 1.807) is 18.0 Å². The lowest BCUT2D eigenvalue weighted by atomic mass is 10.1. The molecule has 11 heteroatoms. The smallest absolute Gasteiger partial charge is 0.314 e. The van der Waals surface area contributed by atoms with Crippen molar-refractivity contribution in [3.05, 3.63) is 18.0 Å². The Labute approximate surface area is 169 Å². The number of aliphatic hydroxyl groups is 1. The number of nitrogens with one attached hydrogen (secondary N) is 3. The van der Waals surface area contributed by atoms with Crippen LogP contribution < -0.4 is 16.0 Å². The first-order valence-corrected chi connectivity index (χ1v) is 9.70. The molecular weight excluding hydrogens is 382 g/mol. The molecule has 3 amide bonds.